The molecule has 1 N–H and O–H groups in total. The van der Waals surface area contributed by atoms with Crippen molar-refractivity contribution in [1.82, 2.24) is 14.9 Å². The average Bonchev–Trinajstić information content (AvgIpc) is 3.25. The number of hydrogen-bond donors (Lipinski definition) is 1. The van der Waals surface area contributed by atoms with Gasteiger partial charge in [-0.15, -0.1) is 0 Å². The molecule has 0 saturated heterocycles. The lowest BCUT2D eigenvalue weighted by Gasteiger charge is -2.11. The van der Waals surface area contributed by atoms with E-state index in [0.717, 1.165) is 71.7 Å². The normalized spacial score (nSPS) is 10.9. The lowest BCUT2D eigenvalue weighted by molar-refractivity contribution is -0.120. The van der Waals surface area contributed by atoms with Gasteiger partial charge in [0.15, 0.2) is 0 Å². The number of carbonyl (C=O) groups excluding carboxylic acids is 1. The predicted molar refractivity (Wildman–Crippen MR) is 144 cm³/mol. The molecule has 0 unspecified atom stereocenters. The number of unbranched alkanes of at least 4 members (excludes halogenated alkanes) is 1. The molecule has 1 amide bonds. The first-order valence-corrected chi connectivity index (χ1v) is 12.7. The number of aromatic nitrogens is 2. The quantitative estimate of drug-likeness (QED) is 0.254. The molecule has 0 saturated carbocycles. The molecule has 1 aromatic heterocycles. The summed E-state index contributed by atoms with van der Waals surface area (Å²) >= 11 is 0. The van der Waals surface area contributed by atoms with Gasteiger partial charge in [-0.3, -0.25) is 4.79 Å². The molecule has 0 aliphatic carbocycles. The standard InChI is InChI=1S/C30H35N3O3/c1-23-10-3-6-13-28(23)36-21-8-7-20-33-27-12-5-4-11-26(27)32-29(33)14-9-19-31-30(34)22-24-15-17-25(35-2)18-16-24/h3-6,10-13,15-18H,7-9,14,19-22H2,1-2H3,(H,31,34). The molecule has 0 atom stereocenters. The Morgan fingerprint density at radius 3 is 2.53 bits per heavy atom. The van der Waals surface area contributed by atoms with Gasteiger partial charge in [0.25, 0.3) is 0 Å². The number of rotatable bonds is 13. The second kappa shape index (κ2) is 12.8. The van der Waals surface area contributed by atoms with Crippen molar-refractivity contribution in [3.05, 3.63) is 89.7 Å². The van der Waals surface area contributed by atoms with Gasteiger partial charge in [0.2, 0.25) is 5.91 Å². The minimum absolute atomic E-state index is 0.0299. The van der Waals surface area contributed by atoms with E-state index in [4.69, 9.17) is 14.5 Å². The van der Waals surface area contributed by atoms with Crippen LogP contribution in [0.3, 0.4) is 0 Å². The van der Waals surface area contributed by atoms with E-state index in [0.29, 0.717) is 19.6 Å². The summed E-state index contributed by atoms with van der Waals surface area (Å²) in [5.74, 6) is 2.85. The first kappa shape index (κ1) is 25.3. The highest BCUT2D eigenvalue weighted by Gasteiger charge is 2.11. The van der Waals surface area contributed by atoms with Crippen molar-refractivity contribution in [1.29, 1.82) is 0 Å². The van der Waals surface area contributed by atoms with Crippen LogP contribution in [0.1, 0.15) is 36.2 Å². The van der Waals surface area contributed by atoms with Crippen molar-refractivity contribution in [2.24, 2.45) is 0 Å². The Morgan fingerprint density at radius 1 is 0.944 bits per heavy atom. The van der Waals surface area contributed by atoms with E-state index in [1.54, 1.807) is 7.11 Å². The zero-order chi connectivity index (χ0) is 25.2. The molecule has 4 aromatic rings. The number of nitrogens with one attached hydrogen (secondary N) is 1. The fourth-order valence-electron chi connectivity index (χ4n) is 4.30. The van der Waals surface area contributed by atoms with Crippen LogP contribution in [-0.2, 0) is 24.2 Å². The Hall–Kier alpha value is -3.80. The molecular weight excluding hydrogens is 450 g/mol. The molecule has 0 bridgehead atoms. The summed E-state index contributed by atoms with van der Waals surface area (Å²) in [6, 6.07) is 24.0. The van der Waals surface area contributed by atoms with Gasteiger partial charge < -0.3 is 19.4 Å². The third-order valence-corrected chi connectivity index (χ3v) is 6.28. The van der Waals surface area contributed by atoms with Crippen LogP contribution >= 0.6 is 0 Å². The molecular formula is C30H35N3O3. The highest BCUT2D eigenvalue weighted by molar-refractivity contribution is 5.78. The van der Waals surface area contributed by atoms with E-state index in [9.17, 15) is 4.79 Å². The van der Waals surface area contributed by atoms with E-state index < -0.39 is 0 Å². The van der Waals surface area contributed by atoms with Gasteiger partial charge in [-0.1, -0.05) is 42.5 Å². The molecule has 1 heterocycles. The largest absolute Gasteiger partial charge is 0.497 e. The molecule has 0 fully saturated rings. The number of amides is 1. The van der Waals surface area contributed by atoms with Crippen LogP contribution in [0.4, 0.5) is 0 Å². The topological polar surface area (TPSA) is 65.4 Å². The number of nitrogens with zero attached hydrogens (tertiary/aromatic N) is 2. The summed E-state index contributed by atoms with van der Waals surface area (Å²) in [5, 5.41) is 3.04. The number of imidazole rings is 1. The summed E-state index contributed by atoms with van der Waals surface area (Å²) in [6.45, 7) is 4.30. The molecule has 6 nitrogen and oxygen atoms in total. The Morgan fingerprint density at radius 2 is 1.72 bits per heavy atom. The number of methoxy groups -OCH3 is 1. The molecule has 6 heteroatoms. The second-order valence-electron chi connectivity index (χ2n) is 8.97. The van der Waals surface area contributed by atoms with E-state index in [1.165, 1.54) is 0 Å². The van der Waals surface area contributed by atoms with Gasteiger partial charge in [0.1, 0.15) is 17.3 Å². The van der Waals surface area contributed by atoms with Gasteiger partial charge in [-0.2, -0.15) is 0 Å². The summed E-state index contributed by atoms with van der Waals surface area (Å²) in [7, 11) is 1.64. The highest BCUT2D eigenvalue weighted by atomic mass is 16.5. The Labute approximate surface area is 213 Å². The molecule has 188 valence electrons. The van der Waals surface area contributed by atoms with Crippen molar-refractivity contribution in [3.8, 4) is 11.5 Å². The maximum Gasteiger partial charge on any atom is 0.224 e. The highest BCUT2D eigenvalue weighted by Crippen LogP contribution is 2.19. The number of para-hydroxylation sites is 3. The second-order valence-corrected chi connectivity index (χ2v) is 8.97. The van der Waals surface area contributed by atoms with E-state index in [2.05, 4.69) is 41.1 Å². The van der Waals surface area contributed by atoms with Gasteiger partial charge in [0.05, 0.1) is 31.2 Å². The smallest absolute Gasteiger partial charge is 0.224 e. The first-order chi connectivity index (χ1) is 17.6. The number of benzene rings is 3. The summed E-state index contributed by atoms with van der Waals surface area (Å²) in [6.07, 6.45) is 4.01. The molecule has 0 aliphatic heterocycles. The van der Waals surface area contributed by atoms with E-state index in [1.807, 2.05) is 48.5 Å². The number of ether oxygens (including phenoxy) is 2. The Kier molecular flexibility index (Phi) is 8.98. The van der Waals surface area contributed by atoms with Crippen LogP contribution in [0.2, 0.25) is 0 Å². The summed E-state index contributed by atoms with van der Waals surface area (Å²) in [4.78, 5) is 17.2. The number of aryl methyl sites for hydroxylation is 3. The lowest BCUT2D eigenvalue weighted by Crippen LogP contribution is -2.26. The molecule has 0 spiro atoms. The molecule has 36 heavy (non-hydrogen) atoms. The van der Waals surface area contributed by atoms with E-state index >= 15 is 0 Å². The fraction of sp³-hybridized carbons (Fsp3) is 0.333. The minimum atomic E-state index is 0.0299. The number of hydrogen-bond acceptors (Lipinski definition) is 4. The van der Waals surface area contributed by atoms with Crippen molar-refractivity contribution in [2.75, 3.05) is 20.3 Å². The summed E-state index contributed by atoms with van der Waals surface area (Å²) < 4.78 is 13.5. The SMILES string of the molecule is COc1ccc(CC(=O)NCCCc2nc3ccccc3n2CCCCOc2ccccc2C)cc1. The molecule has 0 aliphatic rings. The van der Waals surface area contributed by atoms with Crippen LogP contribution in [0.15, 0.2) is 72.8 Å². The Bertz CT molecular complexity index is 1260. The maximum absolute atomic E-state index is 12.3. The van der Waals surface area contributed by atoms with Crippen LogP contribution in [0.5, 0.6) is 11.5 Å². The number of carbonyl (C=O) groups is 1. The maximum atomic E-state index is 12.3. The predicted octanol–water partition coefficient (Wildman–Crippen LogP) is 5.50. The third-order valence-electron chi connectivity index (χ3n) is 6.28. The average molecular weight is 486 g/mol. The fourth-order valence-corrected chi connectivity index (χ4v) is 4.30. The third kappa shape index (κ3) is 6.87. The van der Waals surface area contributed by atoms with Crippen LogP contribution in [0, 0.1) is 6.92 Å². The van der Waals surface area contributed by atoms with Crippen molar-refractivity contribution in [3.63, 3.8) is 0 Å². The first-order valence-electron chi connectivity index (χ1n) is 12.7. The van der Waals surface area contributed by atoms with Crippen molar-refractivity contribution < 1.29 is 14.3 Å². The molecule has 3 aromatic carbocycles. The van der Waals surface area contributed by atoms with Gasteiger partial charge >= 0.3 is 0 Å². The number of fused-ring (bicyclic) bond motifs is 1. The van der Waals surface area contributed by atoms with Gasteiger partial charge in [0, 0.05) is 19.5 Å². The monoisotopic (exact) mass is 485 g/mol. The summed E-state index contributed by atoms with van der Waals surface area (Å²) in [5.41, 5.74) is 4.32. The van der Waals surface area contributed by atoms with Crippen LogP contribution in [0.25, 0.3) is 11.0 Å². The van der Waals surface area contributed by atoms with Crippen LogP contribution in [-0.4, -0.2) is 35.7 Å². The van der Waals surface area contributed by atoms with Gasteiger partial charge in [-0.05, 0) is 67.6 Å². The zero-order valence-corrected chi connectivity index (χ0v) is 21.2. The van der Waals surface area contributed by atoms with Crippen LogP contribution < -0.4 is 14.8 Å². The minimum Gasteiger partial charge on any atom is -0.497 e. The molecule has 0 radical (unpaired) electrons. The Balaban J connectivity index is 1.25. The van der Waals surface area contributed by atoms with Gasteiger partial charge in [-0.25, -0.2) is 4.98 Å². The molecule has 4 rings (SSSR count). The van der Waals surface area contributed by atoms with Crippen molar-refractivity contribution >= 4 is 16.9 Å². The van der Waals surface area contributed by atoms with E-state index in [-0.39, 0.29) is 5.91 Å². The zero-order valence-electron chi connectivity index (χ0n) is 21.2. The lowest BCUT2D eigenvalue weighted by atomic mass is 10.1. The van der Waals surface area contributed by atoms with Crippen molar-refractivity contribution in [2.45, 2.75) is 45.6 Å².